The van der Waals surface area contributed by atoms with Gasteiger partial charge in [0.1, 0.15) is 23.2 Å². The number of nitrogens with zero attached hydrogens (tertiary/aromatic N) is 1. The van der Waals surface area contributed by atoms with E-state index >= 15 is 0 Å². The fraction of sp³-hybridized carbons (Fsp3) is 0.833. The van der Waals surface area contributed by atoms with Crippen molar-refractivity contribution < 1.29 is 33.5 Å². The Morgan fingerprint density at radius 3 is 2.04 bits per heavy atom. The summed E-state index contributed by atoms with van der Waals surface area (Å²) in [7, 11) is 0. The molecule has 0 aromatic carbocycles. The number of urea groups is 1. The molecule has 1 saturated heterocycles. The molecule has 48 heavy (non-hydrogen) atoms. The van der Waals surface area contributed by atoms with Crippen LogP contribution >= 0.6 is 0 Å². The van der Waals surface area contributed by atoms with Crippen LogP contribution in [0.1, 0.15) is 131 Å². The van der Waals surface area contributed by atoms with Crippen molar-refractivity contribution in [2.45, 2.75) is 160 Å². The van der Waals surface area contributed by atoms with Gasteiger partial charge in [-0.25, -0.2) is 9.59 Å². The molecule has 0 radical (unpaired) electrons. The number of hydrogen-bond acceptors (Lipinski definition) is 7. The highest BCUT2D eigenvalue weighted by Crippen LogP contribution is 2.36. The lowest BCUT2D eigenvalue weighted by Crippen LogP contribution is -2.63. The minimum absolute atomic E-state index is 0.132. The van der Waals surface area contributed by atoms with E-state index in [4.69, 9.17) is 10.5 Å². The molecule has 4 fully saturated rings. The van der Waals surface area contributed by atoms with Crippen LogP contribution in [0.3, 0.4) is 0 Å². The molecule has 0 spiro atoms. The highest BCUT2D eigenvalue weighted by Gasteiger charge is 2.48. The second-order valence-electron chi connectivity index (χ2n) is 16.2. The van der Waals surface area contributed by atoms with Crippen LogP contribution in [-0.2, 0) is 28.7 Å². The Morgan fingerprint density at radius 2 is 1.48 bits per heavy atom. The Morgan fingerprint density at radius 1 is 0.854 bits per heavy atom. The van der Waals surface area contributed by atoms with E-state index < -0.39 is 58.9 Å². The number of ether oxygens (including phenoxy) is 1. The maximum Gasteiger partial charge on any atom is 0.332 e. The molecular formula is C36H59N5O7. The third kappa shape index (κ3) is 9.94. The van der Waals surface area contributed by atoms with E-state index in [9.17, 15) is 28.8 Å². The van der Waals surface area contributed by atoms with Crippen LogP contribution in [0.15, 0.2) is 0 Å². The lowest BCUT2D eigenvalue weighted by atomic mass is 9.81. The number of esters is 1. The number of nitrogens with one attached hydrogen (secondary N) is 3. The number of hydrogen-bond donors (Lipinski definition) is 4. The third-order valence-corrected chi connectivity index (χ3v) is 10.5. The maximum absolute atomic E-state index is 14.6. The second kappa shape index (κ2) is 16.0. The fourth-order valence-corrected chi connectivity index (χ4v) is 7.99. The number of carbonyl (C=O) groups is 6. The molecule has 0 aromatic rings. The molecule has 12 nitrogen and oxygen atoms in total. The summed E-state index contributed by atoms with van der Waals surface area (Å²) in [4.78, 5) is 82.1. The average Bonchev–Trinajstić information content (AvgIpc) is 3.74. The SMILES string of the molecule is CC(C)C[C@H]1CCN(C(=O)[C@@H](NC(=O)NC2(C(=O)OC(C)(C)C)CCCCC2)C2CCCCC2)[C@@H]1C(=O)NC(CC1CC1)C(=O)C(N)=O. The summed E-state index contributed by atoms with van der Waals surface area (Å²) in [5, 5.41) is 8.75. The van der Waals surface area contributed by atoms with Crippen molar-refractivity contribution in [1.29, 1.82) is 0 Å². The molecule has 1 aliphatic heterocycles. The summed E-state index contributed by atoms with van der Waals surface area (Å²) in [6, 6.07) is -3.38. The second-order valence-corrected chi connectivity index (χ2v) is 16.2. The normalized spacial score (nSPS) is 24.3. The van der Waals surface area contributed by atoms with E-state index in [2.05, 4.69) is 29.8 Å². The van der Waals surface area contributed by atoms with Crippen molar-refractivity contribution in [2.24, 2.45) is 29.4 Å². The summed E-state index contributed by atoms with van der Waals surface area (Å²) >= 11 is 0. The number of primary amides is 1. The van der Waals surface area contributed by atoms with Crippen molar-refractivity contribution in [1.82, 2.24) is 20.9 Å². The molecule has 0 aromatic heterocycles. The minimum atomic E-state index is -1.18. The van der Waals surface area contributed by atoms with Crippen molar-refractivity contribution >= 4 is 35.5 Å². The van der Waals surface area contributed by atoms with E-state index in [1.165, 1.54) is 0 Å². The van der Waals surface area contributed by atoms with Crippen LogP contribution < -0.4 is 21.7 Å². The zero-order valence-corrected chi connectivity index (χ0v) is 29.7. The number of Topliss-reactive ketones (excluding diaryl/α,β-unsaturated/α-hetero) is 1. The highest BCUT2D eigenvalue weighted by molar-refractivity contribution is 6.37. The first-order chi connectivity index (χ1) is 22.6. The van der Waals surface area contributed by atoms with Crippen LogP contribution in [0.5, 0.6) is 0 Å². The van der Waals surface area contributed by atoms with E-state index in [-0.39, 0.29) is 29.6 Å². The van der Waals surface area contributed by atoms with Gasteiger partial charge in [0.2, 0.25) is 17.6 Å². The zero-order valence-electron chi connectivity index (χ0n) is 29.7. The minimum Gasteiger partial charge on any atom is -0.458 e. The molecule has 270 valence electrons. The zero-order chi connectivity index (χ0) is 35.2. The summed E-state index contributed by atoms with van der Waals surface area (Å²) in [6.45, 7) is 9.85. The molecule has 5 amide bonds. The first kappa shape index (κ1) is 37.6. The van der Waals surface area contributed by atoms with Crippen LogP contribution in [0.2, 0.25) is 0 Å². The van der Waals surface area contributed by atoms with Crippen molar-refractivity contribution in [3.8, 4) is 0 Å². The first-order valence-corrected chi connectivity index (χ1v) is 18.4. The molecule has 1 unspecified atom stereocenters. The third-order valence-electron chi connectivity index (χ3n) is 10.5. The Hall–Kier alpha value is -3.18. The van der Waals surface area contributed by atoms with Crippen LogP contribution in [0, 0.1) is 23.7 Å². The van der Waals surface area contributed by atoms with Gasteiger partial charge in [-0.15, -0.1) is 0 Å². The topological polar surface area (TPSA) is 177 Å². The molecule has 12 heteroatoms. The van der Waals surface area contributed by atoms with E-state index in [1.807, 2.05) is 0 Å². The molecule has 5 N–H and O–H groups in total. The Kier molecular flexibility index (Phi) is 12.6. The van der Waals surface area contributed by atoms with Gasteiger partial charge in [-0.3, -0.25) is 19.2 Å². The van der Waals surface area contributed by atoms with Gasteiger partial charge in [0.05, 0.1) is 6.04 Å². The molecule has 1 heterocycles. The van der Waals surface area contributed by atoms with Gasteiger partial charge in [-0.05, 0) is 89.4 Å². The molecule has 4 aliphatic rings. The smallest absolute Gasteiger partial charge is 0.332 e. The van der Waals surface area contributed by atoms with Gasteiger partial charge < -0.3 is 31.3 Å². The molecule has 3 saturated carbocycles. The number of likely N-dealkylation sites (tertiary alicyclic amines) is 1. The Balaban J connectivity index is 1.58. The monoisotopic (exact) mass is 673 g/mol. The summed E-state index contributed by atoms with van der Waals surface area (Å²) < 4.78 is 5.75. The lowest BCUT2D eigenvalue weighted by Gasteiger charge is -2.39. The lowest BCUT2D eigenvalue weighted by molar-refractivity contribution is -0.164. The molecule has 3 aliphatic carbocycles. The number of nitrogens with two attached hydrogens (primary N) is 1. The fourth-order valence-electron chi connectivity index (χ4n) is 7.99. The molecule has 4 atom stereocenters. The van der Waals surface area contributed by atoms with Gasteiger partial charge in [0.15, 0.2) is 0 Å². The number of amides is 5. The molecule has 4 rings (SSSR count). The Labute approximate surface area is 285 Å². The number of ketones is 1. The van der Waals surface area contributed by atoms with E-state index in [1.54, 1.807) is 25.7 Å². The summed E-state index contributed by atoms with van der Waals surface area (Å²) in [5.74, 6) is -2.97. The predicted molar refractivity (Wildman–Crippen MR) is 180 cm³/mol. The van der Waals surface area contributed by atoms with E-state index in [0.717, 1.165) is 64.2 Å². The maximum atomic E-state index is 14.6. The molecular weight excluding hydrogens is 614 g/mol. The van der Waals surface area contributed by atoms with E-state index in [0.29, 0.717) is 38.6 Å². The van der Waals surface area contributed by atoms with Crippen LogP contribution in [-0.4, -0.2) is 76.2 Å². The van der Waals surface area contributed by atoms with Gasteiger partial charge in [-0.2, -0.15) is 0 Å². The van der Waals surface area contributed by atoms with Crippen molar-refractivity contribution in [2.75, 3.05) is 6.54 Å². The average molecular weight is 674 g/mol. The highest BCUT2D eigenvalue weighted by atomic mass is 16.6. The van der Waals surface area contributed by atoms with Crippen LogP contribution in [0.4, 0.5) is 4.79 Å². The Bertz CT molecular complexity index is 1200. The quantitative estimate of drug-likeness (QED) is 0.169. The predicted octanol–water partition coefficient (Wildman–Crippen LogP) is 3.88. The molecule has 0 bridgehead atoms. The standard InChI is InChI=1S/C36H59N5O7/c1-22(2)20-25-16-19-41(28(25)31(44)38-26(21-23-14-15-23)29(42)30(37)43)32(45)27(24-12-8-6-9-13-24)39-34(47)40-36(17-10-7-11-18-36)33(46)48-35(3,4)5/h22-28H,6-21H2,1-5H3,(H2,37,43)(H,38,44)(H2,39,40,47)/t25-,26?,27+,28+/m1/s1. The first-order valence-electron chi connectivity index (χ1n) is 18.4. The largest absolute Gasteiger partial charge is 0.458 e. The van der Waals surface area contributed by atoms with Gasteiger partial charge in [-0.1, -0.05) is 65.2 Å². The number of rotatable bonds is 13. The van der Waals surface area contributed by atoms with Crippen LogP contribution in [0.25, 0.3) is 0 Å². The van der Waals surface area contributed by atoms with Crippen molar-refractivity contribution in [3.63, 3.8) is 0 Å². The van der Waals surface area contributed by atoms with Gasteiger partial charge in [0, 0.05) is 6.54 Å². The summed E-state index contributed by atoms with van der Waals surface area (Å²) in [5.41, 5.74) is 3.44. The van der Waals surface area contributed by atoms with Gasteiger partial charge in [0.25, 0.3) is 5.91 Å². The van der Waals surface area contributed by atoms with Crippen molar-refractivity contribution in [3.05, 3.63) is 0 Å². The summed E-state index contributed by atoms with van der Waals surface area (Å²) in [6.07, 6.45) is 11.3. The number of carbonyl (C=O) groups excluding carboxylic acids is 6. The van der Waals surface area contributed by atoms with Gasteiger partial charge >= 0.3 is 12.0 Å².